The Hall–Kier alpha value is -1.44. The first-order valence-corrected chi connectivity index (χ1v) is 7.08. The van der Waals surface area contributed by atoms with Crippen molar-refractivity contribution < 1.29 is 4.74 Å². The highest BCUT2D eigenvalue weighted by Gasteiger charge is 2.15. The number of likely N-dealkylation sites (N-methyl/N-ethyl adjacent to an activating group) is 1. The lowest BCUT2D eigenvalue weighted by Crippen LogP contribution is -2.30. The molecule has 1 aromatic rings. The highest BCUT2D eigenvalue weighted by Crippen LogP contribution is 2.17. The molecule has 1 aromatic heterocycles. The van der Waals surface area contributed by atoms with Crippen molar-refractivity contribution in [1.82, 2.24) is 14.9 Å². The van der Waals surface area contributed by atoms with Crippen LogP contribution in [0.3, 0.4) is 0 Å². The number of nitrogen functional groups attached to an aromatic ring is 1. The fourth-order valence-corrected chi connectivity index (χ4v) is 2.25. The van der Waals surface area contributed by atoms with E-state index in [0.717, 1.165) is 38.4 Å². The van der Waals surface area contributed by atoms with Gasteiger partial charge in [-0.1, -0.05) is 0 Å². The Morgan fingerprint density at radius 3 is 2.90 bits per heavy atom. The second kappa shape index (κ2) is 7.37. The minimum atomic E-state index is 0.409. The van der Waals surface area contributed by atoms with Crippen molar-refractivity contribution in [3.05, 3.63) is 11.9 Å². The summed E-state index contributed by atoms with van der Waals surface area (Å²) in [6.45, 7) is 7.13. The molecule has 7 nitrogen and oxygen atoms in total. The van der Waals surface area contributed by atoms with Crippen LogP contribution >= 0.6 is 0 Å². The van der Waals surface area contributed by atoms with E-state index < -0.39 is 0 Å². The van der Waals surface area contributed by atoms with Gasteiger partial charge in [0.2, 0.25) is 0 Å². The topological polar surface area (TPSA) is 79.5 Å². The summed E-state index contributed by atoms with van der Waals surface area (Å²) < 4.78 is 5.38. The molecular formula is C13H24N6O. The summed E-state index contributed by atoms with van der Waals surface area (Å²) in [6.07, 6.45) is 1.13. The quantitative estimate of drug-likeness (QED) is 0.598. The summed E-state index contributed by atoms with van der Waals surface area (Å²) in [6, 6.07) is 1.89. The molecule has 3 N–H and O–H groups in total. The van der Waals surface area contributed by atoms with Gasteiger partial charge in [-0.15, -0.1) is 0 Å². The molecule has 112 valence electrons. The van der Waals surface area contributed by atoms with E-state index in [2.05, 4.69) is 32.2 Å². The molecular weight excluding hydrogens is 256 g/mol. The van der Waals surface area contributed by atoms with E-state index in [1.165, 1.54) is 0 Å². The molecule has 0 radical (unpaired) electrons. The number of nitrogens with one attached hydrogen (secondary N) is 1. The SMILES string of the molecule is CCOCc1nc(NN)cc(N2CCCN(C)CC2)n1. The van der Waals surface area contributed by atoms with Gasteiger partial charge >= 0.3 is 0 Å². The smallest absolute Gasteiger partial charge is 0.158 e. The predicted octanol–water partition coefficient (Wildman–Crippen LogP) is 0.441. The first-order chi connectivity index (χ1) is 9.72. The van der Waals surface area contributed by atoms with E-state index in [-0.39, 0.29) is 0 Å². The Kier molecular flexibility index (Phi) is 5.51. The summed E-state index contributed by atoms with van der Waals surface area (Å²) in [4.78, 5) is 13.5. The fraction of sp³-hybridized carbons (Fsp3) is 0.692. The summed E-state index contributed by atoms with van der Waals surface area (Å²) in [5.41, 5.74) is 2.60. The number of aromatic nitrogens is 2. The Morgan fingerprint density at radius 2 is 2.15 bits per heavy atom. The number of anilines is 2. The van der Waals surface area contributed by atoms with Crippen molar-refractivity contribution in [3.8, 4) is 0 Å². The molecule has 7 heteroatoms. The lowest BCUT2D eigenvalue weighted by molar-refractivity contribution is 0.128. The van der Waals surface area contributed by atoms with Gasteiger partial charge in [0.05, 0.1) is 0 Å². The molecule has 0 atom stereocenters. The second-order valence-corrected chi connectivity index (χ2v) is 4.95. The monoisotopic (exact) mass is 280 g/mol. The zero-order chi connectivity index (χ0) is 14.4. The molecule has 1 saturated heterocycles. The highest BCUT2D eigenvalue weighted by atomic mass is 16.5. The van der Waals surface area contributed by atoms with Gasteiger partial charge in [-0.2, -0.15) is 0 Å². The third kappa shape index (κ3) is 4.03. The molecule has 20 heavy (non-hydrogen) atoms. The normalized spacial score (nSPS) is 17.1. The number of rotatable bonds is 5. The maximum absolute atomic E-state index is 5.49. The largest absolute Gasteiger partial charge is 0.374 e. The zero-order valence-corrected chi connectivity index (χ0v) is 12.3. The molecule has 1 fully saturated rings. The van der Waals surface area contributed by atoms with Gasteiger partial charge in [-0.3, -0.25) is 0 Å². The van der Waals surface area contributed by atoms with Crippen LogP contribution in [0, 0.1) is 0 Å². The maximum Gasteiger partial charge on any atom is 0.158 e. The number of hydrogen-bond acceptors (Lipinski definition) is 7. The van der Waals surface area contributed by atoms with Gasteiger partial charge in [-0.05, 0) is 26.9 Å². The fourth-order valence-electron chi connectivity index (χ4n) is 2.25. The van der Waals surface area contributed by atoms with Crippen LogP contribution in [0.4, 0.5) is 11.6 Å². The van der Waals surface area contributed by atoms with Crippen LogP contribution in [0.1, 0.15) is 19.2 Å². The summed E-state index contributed by atoms with van der Waals surface area (Å²) in [7, 11) is 2.15. The molecule has 2 rings (SSSR count). The van der Waals surface area contributed by atoms with Gasteiger partial charge in [0.25, 0.3) is 0 Å². The first-order valence-electron chi connectivity index (χ1n) is 7.08. The van der Waals surface area contributed by atoms with E-state index >= 15 is 0 Å². The molecule has 1 aliphatic rings. The second-order valence-electron chi connectivity index (χ2n) is 4.95. The van der Waals surface area contributed by atoms with Crippen molar-refractivity contribution >= 4 is 11.6 Å². The molecule has 0 bridgehead atoms. The Labute approximate surface area is 120 Å². The predicted molar refractivity (Wildman–Crippen MR) is 79.5 cm³/mol. The molecule has 0 saturated carbocycles. The first kappa shape index (κ1) is 15.0. The lowest BCUT2D eigenvalue weighted by Gasteiger charge is -2.22. The summed E-state index contributed by atoms with van der Waals surface area (Å²) in [5.74, 6) is 7.69. The molecule has 0 aromatic carbocycles. The van der Waals surface area contributed by atoms with Crippen molar-refractivity contribution in [2.45, 2.75) is 20.0 Å². The molecule has 0 unspecified atom stereocenters. The molecule has 0 amide bonds. The highest BCUT2D eigenvalue weighted by molar-refractivity contribution is 5.49. The van der Waals surface area contributed by atoms with Crippen LogP contribution in [0.5, 0.6) is 0 Å². The number of ether oxygens (including phenoxy) is 1. The van der Waals surface area contributed by atoms with E-state index in [0.29, 0.717) is 24.9 Å². The average molecular weight is 280 g/mol. The van der Waals surface area contributed by atoms with E-state index in [9.17, 15) is 0 Å². The standard InChI is InChI=1S/C13H24N6O/c1-3-20-10-12-15-11(17-14)9-13(16-12)19-6-4-5-18(2)7-8-19/h9H,3-8,10,14H2,1-2H3,(H,15,16,17). The van der Waals surface area contributed by atoms with Crippen LogP contribution < -0.4 is 16.2 Å². The third-order valence-electron chi connectivity index (χ3n) is 3.39. The maximum atomic E-state index is 5.49. The van der Waals surface area contributed by atoms with Gasteiger partial charge in [-0.25, -0.2) is 15.8 Å². The van der Waals surface area contributed by atoms with Crippen LogP contribution in [-0.2, 0) is 11.3 Å². The van der Waals surface area contributed by atoms with Crippen LogP contribution in [-0.4, -0.2) is 54.7 Å². The molecule has 0 spiro atoms. The zero-order valence-electron chi connectivity index (χ0n) is 12.3. The minimum Gasteiger partial charge on any atom is -0.374 e. The van der Waals surface area contributed by atoms with Gasteiger partial charge in [0.15, 0.2) is 5.82 Å². The van der Waals surface area contributed by atoms with Crippen molar-refractivity contribution in [2.75, 3.05) is 50.2 Å². The minimum absolute atomic E-state index is 0.409. The van der Waals surface area contributed by atoms with Crippen LogP contribution in [0.2, 0.25) is 0 Å². The van der Waals surface area contributed by atoms with Crippen LogP contribution in [0.15, 0.2) is 6.07 Å². The molecule has 2 heterocycles. The Morgan fingerprint density at radius 1 is 1.30 bits per heavy atom. The summed E-state index contributed by atoms with van der Waals surface area (Å²) >= 11 is 0. The molecule has 1 aliphatic heterocycles. The van der Waals surface area contributed by atoms with Crippen molar-refractivity contribution in [2.24, 2.45) is 5.84 Å². The van der Waals surface area contributed by atoms with Crippen molar-refractivity contribution in [3.63, 3.8) is 0 Å². The number of nitrogens with two attached hydrogens (primary N) is 1. The number of hydrogen-bond donors (Lipinski definition) is 2. The van der Waals surface area contributed by atoms with Gasteiger partial charge < -0.3 is 20.0 Å². The van der Waals surface area contributed by atoms with E-state index in [1.54, 1.807) is 0 Å². The Bertz CT molecular complexity index is 427. The van der Waals surface area contributed by atoms with E-state index in [4.69, 9.17) is 10.6 Å². The lowest BCUT2D eigenvalue weighted by atomic mass is 10.3. The van der Waals surface area contributed by atoms with Crippen LogP contribution in [0.25, 0.3) is 0 Å². The number of hydrazine groups is 1. The van der Waals surface area contributed by atoms with Crippen molar-refractivity contribution in [1.29, 1.82) is 0 Å². The van der Waals surface area contributed by atoms with E-state index in [1.807, 2.05) is 13.0 Å². The summed E-state index contributed by atoms with van der Waals surface area (Å²) in [5, 5.41) is 0. The van der Waals surface area contributed by atoms with Gasteiger partial charge in [0, 0.05) is 32.3 Å². The number of nitrogens with zero attached hydrogens (tertiary/aromatic N) is 4. The third-order valence-corrected chi connectivity index (χ3v) is 3.39. The van der Waals surface area contributed by atoms with Gasteiger partial charge in [0.1, 0.15) is 18.2 Å². The Balaban J connectivity index is 2.16. The average Bonchev–Trinajstić information content (AvgIpc) is 2.69. The molecule has 0 aliphatic carbocycles.